The summed E-state index contributed by atoms with van der Waals surface area (Å²) in [4.78, 5) is 41.7. The molecule has 0 bridgehead atoms. The standard InChI is InChI=1S/C23H24N4O4/c1-3-11-25-18-6-4-5-7-19(18)26(23(25)30)12-10-22(29)31-15-17-13-21(28)27-14-16(2)8-9-20(27)24-17/h4-9,13-14H,3,10-12,15H2,1-2H3. The molecule has 0 atom stereocenters. The van der Waals surface area contributed by atoms with Crippen molar-refractivity contribution in [3.05, 3.63) is 80.8 Å². The molecule has 0 fully saturated rings. The molecular formula is C23H24N4O4. The normalized spacial score (nSPS) is 11.3. The molecule has 1 aromatic carbocycles. The third-order valence-corrected chi connectivity index (χ3v) is 5.15. The van der Waals surface area contributed by atoms with Crippen LogP contribution in [0.2, 0.25) is 0 Å². The number of aromatic nitrogens is 4. The molecule has 3 aromatic heterocycles. The van der Waals surface area contributed by atoms with Gasteiger partial charge in [-0.2, -0.15) is 0 Å². The van der Waals surface area contributed by atoms with Gasteiger partial charge in [-0.05, 0) is 37.1 Å². The van der Waals surface area contributed by atoms with Gasteiger partial charge in [-0.15, -0.1) is 0 Å². The molecule has 0 saturated carbocycles. The number of aryl methyl sites for hydroxylation is 3. The first-order valence-corrected chi connectivity index (χ1v) is 10.3. The molecule has 0 unspecified atom stereocenters. The molecule has 31 heavy (non-hydrogen) atoms. The highest BCUT2D eigenvalue weighted by Crippen LogP contribution is 2.14. The first-order chi connectivity index (χ1) is 15.0. The summed E-state index contributed by atoms with van der Waals surface area (Å²) < 4.78 is 10.1. The van der Waals surface area contributed by atoms with Crippen LogP contribution in [0.4, 0.5) is 0 Å². The molecule has 8 heteroatoms. The Morgan fingerprint density at radius 3 is 2.45 bits per heavy atom. The summed E-state index contributed by atoms with van der Waals surface area (Å²) in [7, 11) is 0. The number of pyridine rings is 1. The van der Waals surface area contributed by atoms with Crippen molar-refractivity contribution in [2.24, 2.45) is 0 Å². The Hall–Kier alpha value is -3.68. The van der Waals surface area contributed by atoms with E-state index in [9.17, 15) is 14.4 Å². The number of fused-ring (bicyclic) bond motifs is 2. The summed E-state index contributed by atoms with van der Waals surface area (Å²) in [5.74, 6) is -0.454. The number of hydrogen-bond acceptors (Lipinski definition) is 5. The molecule has 4 aromatic rings. The Bertz CT molecular complexity index is 1380. The van der Waals surface area contributed by atoms with E-state index < -0.39 is 5.97 Å². The highest BCUT2D eigenvalue weighted by molar-refractivity contribution is 5.76. The molecule has 0 spiro atoms. The van der Waals surface area contributed by atoms with Crippen molar-refractivity contribution in [1.29, 1.82) is 0 Å². The first kappa shape index (κ1) is 20.6. The molecule has 0 aliphatic carbocycles. The number of carbonyl (C=O) groups excluding carboxylic acids is 1. The lowest BCUT2D eigenvalue weighted by Crippen LogP contribution is -2.25. The van der Waals surface area contributed by atoms with E-state index >= 15 is 0 Å². The number of para-hydroxylation sites is 2. The summed E-state index contributed by atoms with van der Waals surface area (Å²) in [5, 5.41) is 0. The van der Waals surface area contributed by atoms with Gasteiger partial charge in [0, 0.05) is 25.4 Å². The lowest BCUT2D eigenvalue weighted by Gasteiger charge is -2.07. The molecule has 8 nitrogen and oxygen atoms in total. The van der Waals surface area contributed by atoms with Crippen molar-refractivity contribution in [2.75, 3.05) is 0 Å². The average molecular weight is 420 g/mol. The van der Waals surface area contributed by atoms with Gasteiger partial charge in [0.2, 0.25) is 0 Å². The first-order valence-electron chi connectivity index (χ1n) is 10.3. The molecule has 0 radical (unpaired) electrons. The fourth-order valence-electron chi connectivity index (χ4n) is 3.69. The second-order valence-electron chi connectivity index (χ2n) is 7.51. The Balaban J connectivity index is 1.45. The molecule has 4 rings (SSSR count). The van der Waals surface area contributed by atoms with Crippen molar-refractivity contribution < 1.29 is 9.53 Å². The van der Waals surface area contributed by atoms with Gasteiger partial charge in [0.05, 0.1) is 23.1 Å². The van der Waals surface area contributed by atoms with E-state index in [1.165, 1.54) is 10.5 Å². The minimum atomic E-state index is -0.454. The average Bonchev–Trinajstić information content (AvgIpc) is 3.03. The fourth-order valence-corrected chi connectivity index (χ4v) is 3.69. The lowest BCUT2D eigenvalue weighted by atomic mass is 10.3. The van der Waals surface area contributed by atoms with Crippen LogP contribution in [0.3, 0.4) is 0 Å². The van der Waals surface area contributed by atoms with E-state index in [1.54, 1.807) is 21.4 Å². The van der Waals surface area contributed by atoms with Crippen LogP contribution in [0, 0.1) is 6.92 Å². The van der Waals surface area contributed by atoms with Crippen LogP contribution in [0.25, 0.3) is 16.7 Å². The van der Waals surface area contributed by atoms with E-state index in [0.717, 1.165) is 23.0 Å². The fraction of sp³-hybridized carbons (Fsp3) is 0.304. The van der Waals surface area contributed by atoms with E-state index in [-0.39, 0.29) is 30.8 Å². The van der Waals surface area contributed by atoms with Gasteiger partial charge < -0.3 is 4.74 Å². The number of carbonyl (C=O) groups is 1. The second-order valence-corrected chi connectivity index (χ2v) is 7.51. The van der Waals surface area contributed by atoms with E-state index in [0.29, 0.717) is 17.9 Å². The van der Waals surface area contributed by atoms with Gasteiger partial charge >= 0.3 is 11.7 Å². The monoisotopic (exact) mass is 420 g/mol. The third-order valence-electron chi connectivity index (χ3n) is 5.15. The quantitative estimate of drug-likeness (QED) is 0.429. The lowest BCUT2D eigenvalue weighted by molar-refractivity contribution is -0.145. The molecule has 0 aliphatic rings. The minimum Gasteiger partial charge on any atom is -0.459 e. The number of hydrogen-bond donors (Lipinski definition) is 0. The molecular weight excluding hydrogens is 396 g/mol. The topological polar surface area (TPSA) is 87.6 Å². The molecule has 0 amide bonds. The Labute approximate surface area is 178 Å². The Morgan fingerprint density at radius 2 is 1.74 bits per heavy atom. The van der Waals surface area contributed by atoms with Crippen molar-refractivity contribution in [3.63, 3.8) is 0 Å². The smallest absolute Gasteiger partial charge is 0.329 e. The van der Waals surface area contributed by atoms with Gasteiger partial charge in [-0.3, -0.25) is 23.1 Å². The van der Waals surface area contributed by atoms with E-state index in [2.05, 4.69) is 4.98 Å². The molecule has 3 heterocycles. The van der Waals surface area contributed by atoms with Crippen LogP contribution >= 0.6 is 0 Å². The van der Waals surface area contributed by atoms with Gasteiger partial charge in [0.25, 0.3) is 5.56 Å². The van der Waals surface area contributed by atoms with Crippen LogP contribution in [0.15, 0.2) is 58.3 Å². The van der Waals surface area contributed by atoms with Crippen LogP contribution in [0.1, 0.15) is 31.0 Å². The van der Waals surface area contributed by atoms with E-state index in [1.807, 2.05) is 44.2 Å². The zero-order valence-electron chi connectivity index (χ0n) is 17.6. The minimum absolute atomic E-state index is 0.0474. The van der Waals surface area contributed by atoms with Crippen molar-refractivity contribution in [3.8, 4) is 0 Å². The highest BCUT2D eigenvalue weighted by Gasteiger charge is 2.14. The van der Waals surface area contributed by atoms with Gasteiger partial charge in [-0.25, -0.2) is 9.78 Å². The number of esters is 1. The predicted molar refractivity (Wildman–Crippen MR) is 117 cm³/mol. The number of nitrogens with zero attached hydrogens (tertiary/aromatic N) is 4. The number of rotatable bonds is 7. The molecule has 0 aliphatic heterocycles. The highest BCUT2D eigenvalue weighted by atomic mass is 16.5. The van der Waals surface area contributed by atoms with Crippen molar-refractivity contribution in [1.82, 2.24) is 18.5 Å². The van der Waals surface area contributed by atoms with Gasteiger partial charge in [0.15, 0.2) is 0 Å². The van der Waals surface area contributed by atoms with Gasteiger partial charge in [0.1, 0.15) is 12.3 Å². The van der Waals surface area contributed by atoms with E-state index in [4.69, 9.17) is 4.74 Å². The zero-order chi connectivity index (χ0) is 22.0. The maximum absolute atomic E-state index is 12.8. The maximum atomic E-state index is 12.8. The Morgan fingerprint density at radius 1 is 1.03 bits per heavy atom. The van der Waals surface area contributed by atoms with Crippen LogP contribution in [0.5, 0.6) is 0 Å². The summed E-state index contributed by atoms with van der Waals surface area (Å²) in [6.07, 6.45) is 2.60. The SMILES string of the molecule is CCCn1c(=O)n(CCC(=O)OCc2cc(=O)n3cc(C)ccc3n2)c2ccccc21. The second kappa shape index (κ2) is 8.59. The Kier molecular flexibility index (Phi) is 5.70. The zero-order valence-corrected chi connectivity index (χ0v) is 17.6. The molecule has 0 saturated heterocycles. The summed E-state index contributed by atoms with van der Waals surface area (Å²) in [6, 6.07) is 12.5. The third kappa shape index (κ3) is 4.14. The molecule has 160 valence electrons. The number of imidazole rings is 1. The number of ether oxygens (including phenoxy) is 1. The summed E-state index contributed by atoms with van der Waals surface area (Å²) in [5.41, 5.74) is 3.14. The number of benzene rings is 1. The van der Waals surface area contributed by atoms with Crippen molar-refractivity contribution in [2.45, 2.75) is 46.4 Å². The molecule has 0 N–H and O–H groups in total. The van der Waals surface area contributed by atoms with Crippen molar-refractivity contribution >= 4 is 22.6 Å². The maximum Gasteiger partial charge on any atom is 0.329 e. The van der Waals surface area contributed by atoms with Gasteiger partial charge in [-0.1, -0.05) is 25.1 Å². The van der Waals surface area contributed by atoms with Crippen LogP contribution in [-0.2, 0) is 29.2 Å². The predicted octanol–water partition coefficient (Wildman–Crippen LogP) is 2.66. The van der Waals surface area contributed by atoms with Crippen LogP contribution in [-0.4, -0.2) is 24.5 Å². The summed E-state index contributed by atoms with van der Waals surface area (Å²) >= 11 is 0. The largest absolute Gasteiger partial charge is 0.459 e. The van der Waals surface area contributed by atoms with Crippen LogP contribution < -0.4 is 11.2 Å². The summed E-state index contributed by atoms with van der Waals surface area (Å²) in [6.45, 7) is 4.67.